The Kier molecular flexibility index (Phi) is 7.24. The van der Waals surface area contributed by atoms with E-state index in [0.29, 0.717) is 17.0 Å². The van der Waals surface area contributed by atoms with Crippen molar-refractivity contribution in [2.75, 3.05) is 18.2 Å². The van der Waals surface area contributed by atoms with Crippen LogP contribution in [0, 0.1) is 11.3 Å². The number of nitrogens with zero attached hydrogens (tertiary/aromatic N) is 1. The van der Waals surface area contributed by atoms with Gasteiger partial charge < -0.3 is 14.8 Å². The highest BCUT2D eigenvalue weighted by Gasteiger charge is 2.12. The van der Waals surface area contributed by atoms with Gasteiger partial charge in [-0.2, -0.15) is 14.0 Å². The maximum absolute atomic E-state index is 12.3. The Balaban J connectivity index is 1.89. The quantitative estimate of drug-likeness (QED) is 0.751. The summed E-state index contributed by atoms with van der Waals surface area (Å²) in [5.41, 5.74) is 1.67. The Hall–Kier alpha value is -2.79. The summed E-state index contributed by atoms with van der Waals surface area (Å²) in [7, 11) is 1.37. The van der Waals surface area contributed by atoms with Gasteiger partial charge in [-0.3, -0.25) is 4.79 Å². The molecule has 1 N–H and O–H groups in total. The molecule has 2 aromatic rings. The number of hydrogen-bond donors (Lipinski definition) is 1. The molecule has 8 heteroatoms. The van der Waals surface area contributed by atoms with Crippen molar-refractivity contribution in [2.24, 2.45) is 0 Å². The topological polar surface area (TPSA) is 71.3 Å². The minimum Gasteiger partial charge on any atom is -0.493 e. The van der Waals surface area contributed by atoms with Crippen molar-refractivity contribution in [3.8, 4) is 17.6 Å². The van der Waals surface area contributed by atoms with Crippen molar-refractivity contribution in [2.45, 2.75) is 12.4 Å². The molecule has 2 rings (SSSR count). The number of nitriles is 1. The predicted octanol–water partition coefficient (Wildman–Crippen LogP) is 4.04. The lowest BCUT2D eigenvalue weighted by atomic mass is 10.2. The molecule has 136 valence electrons. The van der Waals surface area contributed by atoms with Crippen LogP contribution in [-0.2, 0) is 10.5 Å². The maximum Gasteiger partial charge on any atom is 0.387 e. The Morgan fingerprint density at radius 2 is 2.04 bits per heavy atom. The van der Waals surface area contributed by atoms with Crippen LogP contribution in [0.4, 0.5) is 14.5 Å². The molecule has 0 spiro atoms. The van der Waals surface area contributed by atoms with Crippen LogP contribution < -0.4 is 14.8 Å². The van der Waals surface area contributed by atoms with Gasteiger partial charge in [0.05, 0.1) is 24.1 Å². The summed E-state index contributed by atoms with van der Waals surface area (Å²) in [6.45, 7) is -2.93. The van der Waals surface area contributed by atoms with Crippen LogP contribution in [0.25, 0.3) is 0 Å². The Morgan fingerprint density at radius 3 is 2.73 bits per heavy atom. The van der Waals surface area contributed by atoms with Gasteiger partial charge in [0.1, 0.15) is 6.07 Å². The van der Waals surface area contributed by atoms with Gasteiger partial charge in [0.25, 0.3) is 0 Å². The number of ether oxygens (including phenoxy) is 2. The summed E-state index contributed by atoms with van der Waals surface area (Å²) in [4.78, 5) is 12.0. The van der Waals surface area contributed by atoms with E-state index >= 15 is 0 Å². The van der Waals surface area contributed by atoms with E-state index in [1.165, 1.54) is 24.9 Å². The van der Waals surface area contributed by atoms with Crippen molar-refractivity contribution in [1.82, 2.24) is 0 Å². The first-order valence-corrected chi connectivity index (χ1v) is 8.67. The molecule has 0 aliphatic rings. The fourth-order valence-corrected chi connectivity index (χ4v) is 2.91. The molecular weight excluding hydrogens is 362 g/mol. The van der Waals surface area contributed by atoms with Crippen LogP contribution in [0.3, 0.4) is 0 Å². The number of nitrogens with one attached hydrogen (secondary N) is 1. The lowest BCUT2D eigenvalue weighted by Crippen LogP contribution is -2.15. The second-order valence-corrected chi connectivity index (χ2v) is 6.05. The van der Waals surface area contributed by atoms with Gasteiger partial charge in [0, 0.05) is 5.75 Å². The third-order valence-corrected chi connectivity index (χ3v) is 4.27. The number of thioether (sulfide) groups is 1. The maximum atomic E-state index is 12.3. The molecule has 0 aromatic heterocycles. The summed E-state index contributed by atoms with van der Waals surface area (Å²) in [5.74, 6) is 0.593. The van der Waals surface area contributed by atoms with Crippen molar-refractivity contribution in [1.29, 1.82) is 5.26 Å². The number of rotatable bonds is 8. The fourth-order valence-electron chi connectivity index (χ4n) is 2.13. The van der Waals surface area contributed by atoms with Gasteiger partial charge in [-0.1, -0.05) is 18.2 Å². The number of methoxy groups -OCH3 is 1. The number of para-hydroxylation sites is 1. The highest BCUT2D eigenvalue weighted by Crippen LogP contribution is 2.30. The number of alkyl halides is 2. The first-order valence-electron chi connectivity index (χ1n) is 7.52. The third-order valence-electron chi connectivity index (χ3n) is 3.27. The van der Waals surface area contributed by atoms with Crippen LogP contribution >= 0.6 is 11.8 Å². The Bertz CT molecular complexity index is 809. The van der Waals surface area contributed by atoms with Crippen LogP contribution in [0.2, 0.25) is 0 Å². The van der Waals surface area contributed by atoms with Crippen molar-refractivity contribution >= 4 is 23.4 Å². The summed E-state index contributed by atoms with van der Waals surface area (Å²) in [6.07, 6.45) is 0. The zero-order valence-corrected chi connectivity index (χ0v) is 14.7. The highest BCUT2D eigenvalue weighted by molar-refractivity contribution is 7.99. The summed E-state index contributed by atoms with van der Waals surface area (Å²) in [5, 5.41) is 11.7. The van der Waals surface area contributed by atoms with Gasteiger partial charge in [-0.05, 0) is 29.8 Å². The molecule has 5 nitrogen and oxygen atoms in total. The van der Waals surface area contributed by atoms with E-state index in [9.17, 15) is 13.6 Å². The van der Waals surface area contributed by atoms with E-state index < -0.39 is 6.61 Å². The molecule has 0 radical (unpaired) electrons. The normalized spacial score (nSPS) is 10.3. The largest absolute Gasteiger partial charge is 0.493 e. The summed E-state index contributed by atoms with van der Waals surface area (Å²) >= 11 is 1.35. The highest BCUT2D eigenvalue weighted by atomic mass is 32.2. The second-order valence-electron chi connectivity index (χ2n) is 5.06. The average molecular weight is 378 g/mol. The third kappa shape index (κ3) is 5.63. The van der Waals surface area contributed by atoms with Gasteiger partial charge in [-0.15, -0.1) is 11.8 Å². The second kappa shape index (κ2) is 9.63. The van der Waals surface area contributed by atoms with E-state index in [4.69, 9.17) is 10.00 Å². The minimum absolute atomic E-state index is 0.0397. The molecule has 0 bridgehead atoms. The monoisotopic (exact) mass is 378 g/mol. The van der Waals surface area contributed by atoms with Crippen molar-refractivity contribution in [3.05, 3.63) is 53.6 Å². The zero-order valence-electron chi connectivity index (χ0n) is 13.9. The van der Waals surface area contributed by atoms with E-state index in [1.807, 2.05) is 6.07 Å². The number of carbonyl (C=O) groups is 1. The summed E-state index contributed by atoms with van der Waals surface area (Å²) < 4.78 is 34.0. The molecule has 0 aliphatic carbocycles. The number of halogens is 2. The lowest BCUT2D eigenvalue weighted by Gasteiger charge is -2.11. The van der Waals surface area contributed by atoms with Crippen LogP contribution in [0.1, 0.15) is 11.1 Å². The van der Waals surface area contributed by atoms with Gasteiger partial charge in [0.2, 0.25) is 5.91 Å². The van der Waals surface area contributed by atoms with Crippen LogP contribution in [-0.4, -0.2) is 25.4 Å². The van der Waals surface area contributed by atoms with E-state index in [0.717, 1.165) is 5.56 Å². The lowest BCUT2D eigenvalue weighted by molar-refractivity contribution is -0.113. The fraction of sp³-hybridized carbons (Fsp3) is 0.222. The Labute approximate surface area is 153 Å². The van der Waals surface area contributed by atoms with E-state index in [-0.39, 0.29) is 23.2 Å². The standard InChI is InChI=1S/C18H16F2N2O3S/c1-24-16-8-12(6-7-15(16)25-18(19)20)10-26-11-17(23)22-14-5-3-2-4-13(14)9-21/h2-8,18H,10-11H2,1H3,(H,22,23). The molecule has 0 atom stereocenters. The SMILES string of the molecule is COc1cc(CSCC(=O)Nc2ccccc2C#N)ccc1OC(F)F. The smallest absolute Gasteiger partial charge is 0.387 e. The number of amides is 1. The number of hydrogen-bond acceptors (Lipinski definition) is 5. The number of benzene rings is 2. The molecule has 0 saturated heterocycles. The molecule has 0 unspecified atom stereocenters. The molecule has 0 heterocycles. The first kappa shape index (κ1) is 19.5. The van der Waals surface area contributed by atoms with Crippen LogP contribution in [0.5, 0.6) is 11.5 Å². The molecule has 0 saturated carbocycles. The predicted molar refractivity (Wildman–Crippen MR) is 95.6 cm³/mol. The first-order chi connectivity index (χ1) is 12.5. The Morgan fingerprint density at radius 1 is 1.27 bits per heavy atom. The van der Waals surface area contributed by atoms with Gasteiger partial charge in [-0.25, -0.2) is 0 Å². The van der Waals surface area contributed by atoms with Gasteiger partial charge in [0.15, 0.2) is 11.5 Å². The average Bonchev–Trinajstić information content (AvgIpc) is 2.62. The van der Waals surface area contributed by atoms with E-state index in [1.54, 1.807) is 36.4 Å². The molecule has 0 fully saturated rings. The molecule has 0 aliphatic heterocycles. The molecule has 1 amide bonds. The van der Waals surface area contributed by atoms with Gasteiger partial charge >= 0.3 is 6.61 Å². The number of carbonyl (C=O) groups excluding carboxylic acids is 1. The minimum atomic E-state index is -2.93. The van der Waals surface area contributed by atoms with E-state index in [2.05, 4.69) is 10.1 Å². The zero-order chi connectivity index (χ0) is 18.9. The molecular formula is C18H16F2N2O3S. The van der Waals surface area contributed by atoms with Crippen molar-refractivity contribution in [3.63, 3.8) is 0 Å². The number of anilines is 1. The van der Waals surface area contributed by atoms with Crippen molar-refractivity contribution < 1.29 is 23.0 Å². The van der Waals surface area contributed by atoms with Crippen LogP contribution in [0.15, 0.2) is 42.5 Å². The summed E-state index contributed by atoms with van der Waals surface area (Å²) in [6, 6.07) is 13.4. The molecule has 2 aromatic carbocycles. The molecule has 26 heavy (non-hydrogen) atoms.